The second kappa shape index (κ2) is 4.11. The Balaban J connectivity index is 2.19. The van der Waals surface area contributed by atoms with Crippen LogP contribution in [0, 0.1) is 0 Å². The highest BCUT2D eigenvalue weighted by atomic mass is 32.1. The standard InChI is InChI=1S/C12H14OS/c1-9(13)6-7-11-8-10-4-2-3-5-12(10)14-11/h2-5,8-9,13H,6-7H2,1H3/t9-/m1/s1. The van der Waals surface area contributed by atoms with E-state index in [-0.39, 0.29) is 6.10 Å². The van der Waals surface area contributed by atoms with Gasteiger partial charge in [-0.3, -0.25) is 0 Å². The summed E-state index contributed by atoms with van der Waals surface area (Å²) in [5.74, 6) is 0. The molecule has 2 rings (SSSR count). The zero-order valence-corrected chi connectivity index (χ0v) is 9.05. The minimum atomic E-state index is -0.194. The van der Waals surface area contributed by atoms with Gasteiger partial charge < -0.3 is 5.11 Å². The first-order chi connectivity index (χ1) is 6.75. The molecule has 2 aromatic rings. The molecule has 0 unspecified atom stereocenters. The van der Waals surface area contributed by atoms with Crippen LogP contribution in [-0.2, 0) is 6.42 Å². The van der Waals surface area contributed by atoms with Gasteiger partial charge in [-0.1, -0.05) is 18.2 Å². The highest BCUT2D eigenvalue weighted by Gasteiger charge is 2.02. The Bertz CT molecular complexity index is 384. The van der Waals surface area contributed by atoms with Crippen molar-refractivity contribution in [3.05, 3.63) is 35.2 Å². The molecule has 1 nitrogen and oxygen atoms in total. The number of aryl methyl sites for hydroxylation is 1. The van der Waals surface area contributed by atoms with Gasteiger partial charge in [-0.2, -0.15) is 0 Å². The first kappa shape index (κ1) is 9.69. The lowest BCUT2D eigenvalue weighted by Crippen LogP contribution is -1.99. The number of thiophene rings is 1. The Hall–Kier alpha value is -0.860. The molecule has 0 aliphatic carbocycles. The van der Waals surface area contributed by atoms with Crippen LogP contribution < -0.4 is 0 Å². The van der Waals surface area contributed by atoms with Gasteiger partial charge in [0.05, 0.1) is 6.10 Å². The molecule has 14 heavy (non-hydrogen) atoms. The topological polar surface area (TPSA) is 20.2 Å². The number of fused-ring (bicyclic) bond motifs is 1. The lowest BCUT2D eigenvalue weighted by atomic mass is 10.2. The molecule has 2 heteroatoms. The molecule has 1 N–H and O–H groups in total. The van der Waals surface area contributed by atoms with E-state index in [4.69, 9.17) is 0 Å². The summed E-state index contributed by atoms with van der Waals surface area (Å²) < 4.78 is 1.34. The zero-order valence-electron chi connectivity index (χ0n) is 8.23. The summed E-state index contributed by atoms with van der Waals surface area (Å²) in [7, 11) is 0. The molecule has 1 aromatic heterocycles. The second-order valence-electron chi connectivity index (χ2n) is 3.64. The fourth-order valence-electron chi connectivity index (χ4n) is 1.51. The van der Waals surface area contributed by atoms with Crippen molar-refractivity contribution in [1.29, 1.82) is 0 Å². The summed E-state index contributed by atoms with van der Waals surface area (Å²) in [6, 6.07) is 10.6. The van der Waals surface area contributed by atoms with E-state index in [0.717, 1.165) is 12.8 Å². The van der Waals surface area contributed by atoms with Crippen molar-refractivity contribution < 1.29 is 5.11 Å². The number of benzene rings is 1. The molecule has 0 saturated heterocycles. The summed E-state index contributed by atoms with van der Waals surface area (Å²) in [6.07, 6.45) is 1.64. The van der Waals surface area contributed by atoms with E-state index in [2.05, 4.69) is 30.3 Å². The maximum absolute atomic E-state index is 9.19. The van der Waals surface area contributed by atoms with Gasteiger partial charge in [0, 0.05) is 9.58 Å². The fraction of sp³-hybridized carbons (Fsp3) is 0.333. The summed E-state index contributed by atoms with van der Waals surface area (Å²) in [5, 5.41) is 10.5. The summed E-state index contributed by atoms with van der Waals surface area (Å²) in [4.78, 5) is 1.37. The first-order valence-corrected chi connectivity index (χ1v) is 5.73. The predicted octanol–water partition coefficient (Wildman–Crippen LogP) is 3.21. The molecule has 0 aliphatic rings. The van der Waals surface area contributed by atoms with Crippen molar-refractivity contribution in [2.75, 3.05) is 0 Å². The number of hydrogen-bond donors (Lipinski definition) is 1. The van der Waals surface area contributed by atoms with Crippen LogP contribution >= 0.6 is 11.3 Å². The van der Waals surface area contributed by atoms with Crippen molar-refractivity contribution in [3.8, 4) is 0 Å². The van der Waals surface area contributed by atoms with Gasteiger partial charge in [-0.25, -0.2) is 0 Å². The molecule has 74 valence electrons. The molecule has 0 radical (unpaired) electrons. The molecule has 0 amide bonds. The molecule has 0 spiro atoms. The number of hydrogen-bond acceptors (Lipinski definition) is 2. The van der Waals surface area contributed by atoms with Gasteiger partial charge in [0.15, 0.2) is 0 Å². The Kier molecular flexibility index (Phi) is 2.85. The van der Waals surface area contributed by atoms with Crippen LogP contribution in [0.2, 0.25) is 0 Å². The van der Waals surface area contributed by atoms with Crippen molar-refractivity contribution in [1.82, 2.24) is 0 Å². The third-order valence-corrected chi connectivity index (χ3v) is 3.46. The maximum Gasteiger partial charge on any atom is 0.0515 e. The van der Waals surface area contributed by atoms with Crippen LogP contribution in [-0.4, -0.2) is 11.2 Å². The number of aliphatic hydroxyl groups excluding tert-OH is 1. The molecule has 0 aliphatic heterocycles. The van der Waals surface area contributed by atoms with Crippen LogP contribution in [0.1, 0.15) is 18.2 Å². The fourth-order valence-corrected chi connectivity index (χ4v) is 2.59. The van der Waals surface area contributed by atoms with Crippen molar-refractivity contribution >= 4 is 21.4 Å². The molecule has 0 fully saturated rings. The quantitative estimate of drug-likeness (QED) is 0.817. The first-order valence-electron chi connectivity index (χ1n) is 4.91. The number of aliphatic hydroxyl groups is 1. The Morgan fingerprint density at radius 1 is 1.36 bits per heavy atom. The minimum Gasteiger partial charge on any atom is -0.393 e. The smallest absolute Gasteiger partial charge is 0.0515 e. The zero-order chi connectivity index (χ0) is 9.97. The lowest BCUT2D eigenvalue weighted by Gasteiger charge is -2.00. The van der Waals surface area contributed by atoms with E-state index in [1.54, 1.807) is 0 Å². The van der Waals surface area contributed by atoms with E-state index in [1.165, 1.54) is 15.0 Å². The van der Waals surface area contributed by atoms with Crippen molar-refractivity contribution in [3.63, 3.8) is 0 Å². The van der Waals surface area contributed by atoms with Crippen LogP contribution in [0.15, 0.2) is 30.3 Å². The predicted molar refractivity (Wildman–Crippen MR) is 61.8 cm³/mol. The molecule has 0 bridgehead atoms. The average Bonchev–Trinajstić information content (AvgIpc) is 2.57. The lowest BCUT2D eigenvalue weighted by molar-refractivity contribution is 0.185. The van der Waals surface area contributed by atoms with Gasteiger partial charge in [0.2, 0.25) is 0 Å². The molecule has 0 saturated carbocycles. The highest BCUT2D eigenvalue weighted by molar-refractivity contribution is 7.19. The average molecular weight is 206 g/mol. The Morgan fingerprint density at radius 2 is 2.14 bits per heavy atom. The van der Waals surface area contributed by atoms with Gasteiger partial charge in [0.1, 0.15) is 0 Å². The van der Waals surface area contributed by atoms with Crippen molar-refractivity contribution in [2.24, 2.45) is 0 Å². The largest absolute Gasteiger partial charge is 0.393 e. The molecular weight excluding hydrogens is 192 g/mol. The van der Waals surface area contributed by atoms with E-state index in [1.807, 2.05) is 18.3 Å². The van der Waals surface area contributed by atoms with E-state index < -0.39 is 0 Å². The molecular formula is C12H14OS. The SMILES string of the molecule is C[C@@H](O)CCc1cc2ccccc2s1. The Labute approximate surface area is 88.0 Å². The third kappa shape index (κ3) is 2.14. The van der Waals surface area contributed by atoms with E-state index in [0.29, 0.717) is 0 Å². The van der Waals surface area contributed by atoms with E-state index >= 15 is 0 Å². The Morgan fingerprint density at radius 3 is 2.86 bits per heavy atom. The van der Waals surface area contributed by atoms with Crippen LogP contribution in [0.3, 0.4) is 0 Å². The highest BCUT2D eigenvalue weighted by Crippen LogP contribution is 2.26. The van der Waals surface area contributed by atoms with Gasteiger partial charge in [-0.15, -0.1) is 11.3 Å². The normalized spacial score (nSPS) is 13.3. The molecule has 1 heterocycles. The molecule has 1 atom stereocenters. The second-order valence-corrected chi connectivity index (χ2v) is 4.81. The maximum atomic E-state index is 9.19. The third-order valence-electron chi connectivity index (χ3n) is 2.29. The number of rotatable bonds is 3. The van der Waals surface area contributed by atoms with Crippen LogP contribution in [0.25, 0.3) is 10.1 Å². The summed E-state index contributed by atoms with van der Waals surface area (Å²) in [6.45, 7) is 1.84. The molecule has 1 aromatic carbocycles. The van der Waals surface area contributed by atoms with Crippen LogP contribution in [0.4, 0.5) is 0 Å². The summed E-state index contributed by atoms with van der Waals surface area (Å²) in [5.41, 5.74) is 0. The van der Waals surface area contributed by atoms with Crippen LogP contribution in [0.5, 0.6) is 0 Å². The van der Waals surface area contributed by atoms with Gasteiger partial charge >= 0.3 is 0 Å². The minimum absolute atomic E-state index is 0.194. The van der Waals surface area contributed by atoms with Gasteiger partial charge in [0.25, 0.3) is 0 Å². The van der Waals surface area contributed by atoms with E-state index in [9.17, 15) is 5.11 Å². The summed E-state index contributed by atoms with van der Waals surface area (Å²) >= 11 is 1.83. The monoisotopic (exact) mass is 206 g/mol. The van der Waals surface area contributed by atoms with Gasteiger partial charge in [-0.05, 0) is 37.3 Å². The van der Waals surface area contributed by atoms with Crippen molar-refractivity contribution in [2.45, 2.75) is 25.9 Å².